The average Bonchev–Trinajstić information content (AvgIpc) is 2.60. The van der Waals surface area contributed by atoms with Gasteiger partial charge < -0.3 is 20.1 Å². The van der Waals surface area contributed by atoms with Crippen LogP contribution in [0.3, 0.4) is 0 Å². The zero-order valence-electron chi connectivity index (χ0n) is 15.1. The van der Waals surface area contributed by atoms with Crippen LogP contribution in [-0.4, -0.2) is 33.2 Å². The van der Waals surface area contributed by atoms with E-state index in [1.54, 1.807) is 14.2 Å². The number of piperidine rings is 1. The second-order valence-electron chi connectivity index (χ2n) is 6.38. The standard InChI is InChI=1S/C18H27BrN2O3.ClH/c1-12(14-5-4-6-20-11-14)7-17(22)21-10-13-8-15(19)18(24-3)16(9-13)23-2;/h8-9,12,14,20H,4-7,10-11H2,1-3H3,(H,21,22);1H. The summed E-state index contributed by atoms with van der Waals surface area (Å²) in [6, 6.07) is 3.83. The SMILES string of the molecule is COc1cc(CNC(=O)CC(C)C2CCCNC2)cc(Br)c1OC.Cl. The molecule has 0 bridgehead atoms. The first-order chi connectivity index (χ1) is 11.5. The van der Waals surface area contributed by atoms with E-state index in [-0.39, 0.29) is 18.3 Å². The van der Waals surface area contributed by atoms with Crippen molar-refractivity contribution in [2.75, 3.05) is 27.3 Å². The van der Waals surface area contributed by atoms with Crippen molar-refractivity contribution in [1.29, 1.82) is 0 Å². The van der Waals surface area contributed by atoms with Gasteiger partial charge in [-0.1, -0.05) is 6.92 Å². The van der Waals surface area contributed by atoms with Crippen LogP contribution in [0.4, 0.5) is 0 Å². The molecule has 2 rings (SSSR count). The molecule has 1 amide bonds. The summed E-state index contributed by atoms with van der Waals surface area (Å²) in [5.41, 5.74) is 0.972. The van der Waals surface area contributed by atoms with E-state index >= 15 is 0 Å². The Hall–Kier alpha value is -0.980. The monoisotopic (exact) mass is 434 g/mol. The van der Waals surface area contributed by atoms with Gasteiger partial charge in [-0.25, -0.2) is 0 Å². The number of carbonyl (C=O) groups is 1. The summed E-state index contributed by atoms with van der Waals surface area (Å²) in [5, 5.41) is 6.42. The Labute approximate surface area is 164 Å². The first-order valence-electron chi connectivity index (χ1n) is 8.43. The van der Waals surface area contributed by atoms with Crippen molar-refractivity contribution >= 4 is 34.2 Å². The third-order valence-electron chi connectivity index (χ3n) is 4.63. The lowest BCUT2D eigenvalue weighted by atomic mass is 9.85. The summed E-state index contributed by atoms with van der Waals surface area (Å²) in [6.45, 7) is 4.78. The van der Waals surface area contributed by atoms with E-state index in [2.05, 4.69) is 33.5 Å². The van der Waals surface area contributed by atoms with Gasteiger partial charge in [-0.05, 0) is 71.4 Å². The number of ether oxygens (including phenoxy) is 2. The predicted octanol–water partition coefficient (Wildman–Crippen LogP) is 3.53. The largest absolute Gasteiger partial charge is 0.493 e. The first-order valence-corrected chi connectivity index (χ1v) is 9.22. The van der Waals surface area contributed by atoms with Crippen LogP contribution in [0, 0.1) is 11.8 Å². The number of halogens is 2. The molecule has 2 atom stereocenters. The number of hydrogen-bond acceptors (Lipinski definition) is 4. The molecule has 1 aliphatic rings. The van der Waals surface area contributed by atoms with Gasteiger partial charge in [0, 0.05) is 13.0 Å². The van der Waals surface area contributed by atoms with E-state index in [0.29, 0.717) is 36.3 Å². The van der Waals surface area contributed by atoms with Gasteiger partial charge in [0.05, 0.1) is 18.7 Å². The highest BCUT2D eigenvalue weighted by molar-refractivity contribution is 9.10. The maximum absolute atomic E-state index is 12.2. The van der Waals surface area contributed by atoms with Crippen LogP contribution in [0.25, 0.3) is 0 Å². The quantitative estimate of drug-likeness (QED) is 0.688. The van der Waals surface area contributed by atoms with Crippen molar-refractivity contribution in [2.45, 2.75) is 32.7 Å². The fourth-order valence-electron chi connectivity index (χ4n) is 3.17. The Balaban J connectivity index is 0.00000312. The molecule has 0 radical (unpaired) electrons. The highest BCUT2D eigenvalue weighted by Gasteiger charge is 2.22. The van der Waals surface area contributed by atoms with Crippen LogP contribution in [0.5, 0.6) is 11.5 Å². The molecule has 1 saturated heterocycles. The smallest absolute Gasteiger partial charge is 0.220 e. The lowest BCUT2D eigenvalue weighted by molar-refractivity contribution is -0.122. The zero-order chi connectivity index (χ0) is 17.5. The van der Waals surface area contributed by atoms with Gasteiger partial charge in [0.2, 0.25) is 5.91 Å². The molecule has 1 fully saturated rings. The number of benzene rings is 1. The molecular weight excluding hydrogens is 408 g/mol. The fourth-order valence-corrected chi connectivity index (χ4v) is 3.82. The van der Waals surface area contributed by atoms with Gasteiger partial charge >= 0.3 is 0 Å². The van der Waals surface area contributed by atoms with Crippen LogP contribution in [-0.2, 0) is 11.3 Å². The lowest BCUT2D eigenvalue weighted by Gasteiger charge is -2.28. The molecule has 7 heteroatoms. The third kappa shape index (κ3) is 6.35. The molecule has 0 saturated carbocycles. The number of hydrogen-bond donors (Lipinski definition) is 2. The summed E-state index contributed by atoms with van der Waals surface area (Å²) in [6.07, 6.45) is 2.99. The van der Waals surface area contributed by atoms with E-state index in [9.17, 15) is 4.79 Å². The highest BCUT2D eigenvalue weighted by atomic mass is 79.9. The molecule has 1 aliphatic heterocycles. The van der Waals surface area contributed by atoms with E-state index in [4.69, 9.17) is 9.47 Å². The summed E-state index contributed by atoms with van der Waals surface area (Å²) < 4.78 is 11.5. The van der Waals surface area contributed by atoms with Gasteiger partial charge in [0.1, 0.15) is 0 Å². The van der Waals surface area contributed by atoms with Crippen molar-refractivity contribution in [3.63, 3.8) is 0 Å². The third-order valence-corrected chi connectivity index (χ3v) is 5.22. The number of amides is 1. The van der Waals surface area contributed by atoms with Crippen molar-refractivity contribution < 1.29 is 14.3 Å². The zero-order valence-corrected chi connectivity index (χ0v) is 17.5. The first kappa shape index (κ1) is 22.1. The molecular formula is C18H28BrClN2O3. The van der Waals surface area contributed by atoms with Crippen molar-refractivity contribution in [3.8, 4) is 11.5 Å². The second kappa shape index (κ2) is 10.9. The molecule has 5 nitrogen and oxygen atoms in total. The van der Waals surface area contributed by atoms with Crippen molar-refractivity contribution in [2.24, 2.45) is 11.8 Å². The van der Waals surface area contributed by atoms with Crippen LogP contribution < -0.4 is 20.1 Å². The Kier molecular flexibility index (Phi) is 9.61. The summed E-state index contributed by atoms with van der Waals surface area (Å²) in [5.74, 6) is 2.40. The van der Waals surface area contributed by atoms with E-state index in [1.165, 1.54) is 12.8 Å². The molecule has 0 spiro atoms. The summed E-state index contributed by atoms with van der Waals surface area (Å²) in [7, 11) is 3.21. The number of rotatable bonds is 7. The Bertz CT molecular complexity index is 565. The lowest BCUT2D eigenvalue weighted by Crippen LogP contribution is -2.35. The molecule has 2 N–H and O–H groups in total. The Morgan fingerprint density at radius 3 is 2.76 bits per heavy atom. The Morgan fingerprint density at radius 2 is 2.16 bits per heavy atom. The molecule has 142 valence electrons. The molecule has 1 aromatic carbocycles. The van der Waals surface area contributed by atoms with E-state index in [0.717, 1.165) is 23.1 Å². The number of nitrogens with one attached hydrogen (secondary N) is 2. The van der Waals surface area contributed by atoms with Crippen LogP contribution >= 0.6 is 28.3 Å². The van der Waals surface area contributed by atoms with Gasteiger partial charge in [0.25, 0.3) is 0 Å². The van der Waals surface area contributed by atoms with Gasteiger partial charge in [-0.3, -0.25) is 4.79 Å². The molecule has 0 aliphatic carbocycles. The predicted molar refractivity (Wildman–Crippen MR) is 106 cm³/mol. The van der Waals surface area contributed by atoms with Crippen LogP contribution in [0.2, 0.25) is 0 Å². The van der Waals surface area contributed by atoms with Crippen molar-refractivity contribution in [3.05, 3.63) is 22.2 Å². The normalized spacial score (nSPS) is 18.0. The molecule has 2 unspecified atom stereocenters. The maximum Gasteiger partial charge on any atom is 0.220 e. The molecule has 0 aromatic heterocycles. The fraction of sp³-hybridized carbons (Fsp3) is 0.611. The molecule has 25 heavy (non-hydrogen) atoms. The minimum absolute atomic E-state index is 0. The average molecular weight is 436 g/mol. The minimum atomic E-state index is 0. The van der Waals surface area contributed by atoms with Crippen molar-refractivity contribution in [1.82, 2.24) is 10.6 Å². The molecule has 1 aromatic rings. The van der Waals surface area contributed by atoms with Gasteiger partial charge in [-0.2, -0.15) is 0 Å². The summed E-state index contributed by atoms with van der Waals surface area (Å²) >= 11 is 3.47. The maximum atomic E-state index is 12.2. The minimum Gasteiger partial charge on any atom is -0.493 e. The van der Waals surface area contributed by atoms with Gasteiger partial charge in [0.15, 0.2) is 11.5 Å². The van der Waals surface area contributed by atoms with Gasteiger partial charge in [-0.15, -0.1) is 12.4 Å². The topological polar surface area (TPSA) is 59.6 Å². The Morgan fingerprint density at radius 1 is 1.40 bits per heavy atom. The number of carbonyl (C=O) groups excluding carboxylic acids is 1. The van der Waals surface area contributed by atoms with Crippen LogP contribution in [0.15, 0.2) is 16.6 Å². The van der Waals surface area contributed by atoms with E-state index in [1.807, 2.05) is 12.1 Å². The second-order valence-corrected chi connectivity index (χ2v) is 7.23. The molecule has 1 heterocycles. The highest BCUT2D eigenvalue weighted by Crippen LogP contribution is 2.36. The van der Waals surface area contributed by atoms with E-state index < -0.39 is 0 Å². The summed E-state index contributed by atoms with van der Waals surface area (Å²) in [4.78, 5) is 12.2. The van der Waals surface area contributed by atoms with Crippen LogP contribution in [0.1, 0.15) is 31.7 Å². The number of methoxy groups -OCH3 is 2.